The van der Waals surface area contributed by atoms with Crippen LogP contribution in [0.15, 0.2) is 53.4 Å². The largest absolute Gasteiger partial charge is 0.444 e. The molecule has 1 aromatic carbocycles. The van der Waals surface area contributed by atoms with E-state index in [1.54, 1.807) is 30.5 Å². The number of nitrogens with one attached hydrogen (secondary N) is 3. The van der Waals surface area contributed by atoms with E-state index in [-0.39, 0.29) is 47.6 Å². The second-order valence-electron chi connectivity index (χ2n) is 12.8. The highest BCUT2D eigenvalue weighted by Gasteiger charge is 2.31. The number of piperidine rings is 2. The molecule has 3 amide bonds. The van der Waals surface area contributed by atoms with Crippen molar-refractivity contribution in [3.63, 3.8) is 0 Å². The number of alkyl halides is 2. The molecule has 3 aliphatic rings. The van der Waals surface area contributed by atoms with E-state index in [0.29, 0.717) is 49.8 Å². The molecule has 2 saturated heterocycles. The number of benzene rings is 1. The number of pyridine rings is 1. The summed E-state index contributed by atoms with van der Waals surface area (Å²) in [6.45, 7) is 2.53. The van der Waals surface area contributed by atoms with Crippen LogP contribution in [0, 0.1) is 11.7 Å². The molecule has 1 aliphatic carbocycles. The van der Waals surface area contributed by atoms with Crippen molar-refractivity contribution < 1.29 is 32.0 Å². The van der Waals surface area contributed by atoms with Crippen LogP contribution >= 0.6 is 0 Å². The van der Waals surface area contributed by atoms with Crippen LogP contribution < -0.4 is 16.0 Å². The molecule has 1 atom stereocenters. The number of carbonyl (C=O) groups excluding carboxylic acids is 3. The zero-order valence-electron chi connectivity index (χ0n) is 26.5. The van der Waals surface area contributed by atoms with Gasteiger partial charge in [0.2, 0.25) is 17.7 Å². The Hall–Kier alpha value is -5.05. The Morgan fingerprint density at radius 2 is 1.90 bits per heavy atom. The van der Waals surface area contributed by atoms with E-state index in [2.05, 4.69) is 35.9 Å². The first-order chi connectivity index (χ1) is 23.7. The molecule has 0 radical (unpaired) electrons. The summed E-state index contributed by atoms with van der Waals surface area (Å²) in [6, 6.07) is 8.11. The van der Waals surface area contributed by atoms with Crippen molar-refractivity contribution in [2.75, 3.05) is 30.3 Å². The Bertz CT molecular complexity index is 1870. The molecule has 3 fully saturated rings. The standard InChI is InChI=1S/C34H35F3N8O4/c35-25-13-20(3-4-23(25)24-5-6-29(46)42-32(24)47)16-44-11-8-22(9-12-44)45-17-26(30(43-45)31(36)37)40-33(48)27-18-49-34(41-27)21-7-10-38-28(14-21)39-15-19-1-2-19/h3-4,7,10,13-14,17-19,22,24,31H,1-2,5-6,8-9,11-12,15-16H2,(H,38,39)(H,40,48)(H,42,46,47). The van der Waals surface area contributed by atoms with Crippen molar-refractivity contribution in [1.82, 2.24) is 30.0 Å². The van der Waals surface area contributed by atoms with E-state index in [9.17, 15) is 27.6 Å². The van der Waals surface area contributed by atoms with Gasteiger partial charge in [-0.1, -0.05) is 12.1 Å². The minimum atomic E-state index is -2.92. The summed E-state index contributed by atoms with van der Waals surface area (Å²) in [5.41, 5.74) is 0.922. The number of aromatic nitrogens is 4. The molecule has 4 aromatic rings. The second-order valence-corrected chi connectivity index (χ2v) is 12.8. The van der Waals surface area contributed by atoms with Crippen LogP contribution in [-0.2, 0) is 16.1 Å². The maximum atomic E-state index is 15.0. The van der Waals surface area contributed by atoms with Crippen molar-refractivity contribution >= 4 is 29.2 Å². The van der Waals surface area contributed by atoms with Gasteiger partial charge in [-0.3, -0.25) is 29.3 Å². The monoisotopic (exact) mass is 676 g/mol. The lowest BCUT2D eigenvalue weighted by molar-refractivity contribution is -0.134. The molecule has 3 aromatic heterocycles. The van der Waals surface area contributed by atoms with Crippen molar-refractivity contribution in [3.8, 4) is 11.5 Å². The van der Waals surface area contributed by atoms with E-state index in [4.69, 9.17) is 4.42 Å². The van der Waals surface area contributed by atoms with Gasteiger partial charge < -0.3 is 15.1 Å². The summed E-state index contributed by atoms with van der Waals surface area (Å²) in [7, 11) is 0. The summed E-state index contributed by atoms with van der Waals surface area (Å²) in [6.07, 6.45) is 5.35. The number of hydrogen-bond acceptors (Lipinski definition) is 9. The third-order valence-corrected chi connectivity index (χ3v) is 9.24. The molecule has 0 bridgehead atoms. The third-order valence-electron chi connectivity index (χ3n) is 9.24. The quantitative estimate of drug-likeness (QED) is 0.177. The number of carbonyl (C=O) groups is 3. The predicted octanol–water partition coefficient (Wildman–Crippen LogP) is 5.44. The fourth-order valence-corrected chi connectivity index (χ4v) is 6.32. The topological polar surface area (TPSA) is 147 Å². The molecule has 5 heterocycles. The number of imide groups is 1. The number of anilines is 2. The number of halogens is 3. The maximum Gasteiger partial charge on any atom is 0.284 e. The van der Waals surface area contributed by atoms with Crippen LogP contribution in [-0.4, -0.2) is 62.0 Å². The SMILES string of the molecule is O=C1CCC(c2ccc(CN3CCC(n4cc(NC(=O)c5coc(-c6ccnc(NCC7CC7)c6)n5)c(C(F)F)n4)CC3)cc2F)C(=O)N1. The maximum absolute atomic E-state index is 15.0. The third kappa shape index (κ3) is 7.51. The van der Waals surface area contributed by atoms with Gasteiger partial charge in [-0.25, -0.2) is 23.1 Å². The van der Waals surface area contributed by atoms with Gasteiger partial charge in [0.05, 0.1) is 17.6 Å². The number of amides is 3. The van der Waals surface area contributed by atoms with Gasteiger partial charge in [-0.15, -0.1) is 0 Å². The van der Waals surface area contributed by atoms with E-state index in [1.165, 1.54) is 36.0 Å². The number of oxazole rings is 1. The van der Waals surface area contributed by atoms with Gasteiger partial charge in [-0.05, 0) is 61.8 Å². The minimum Gasteiger partial charge on any atom is -0.444 e. The molecule has 0 spiro atoms. The molecular weight excluding hydrogens is 641 g/mol. The Kier molecular flexibility index (Phi) is 9.17. The number of rotatable bonds is 11. The van der Waals surface area contributed by atoms with E-state index < -0.39 is 35.7 Å². The molecule has 12 nitrogen and oxygen atoms in total. The van der Waals surface area contributed by atoms with Gasteiger partial charge >= 0.3 is 0 Å². The van der Waals surface area contributed by atoms with Crippen molar-refractivity contribution in [3.05, 3.63) is 77.3 Å². The molecule has 7 rings (SSSR count). The van der Waals surface area contributed by atoms with Gasteiger partial charge in [-0.2, -0.15) is 5.10 Å². The van der Waals surface area contributed by atoms with Gasteiger partial charge in [0.1, 0.15) is 17.9 Å². The zero-order valence-corrected chi connectivity index (χ0v) is 26.5. The van der Waals surface area contributed by atoms with Crippen molar-refractivity contribution in [2.24, 2.45) is 5.92 Å². The van der Waals surface area contributed by atoms with Crippen LogP contribution in [0.25, 0.3) is 11.5 Å². The summed E-state index contributed by atoms with van der Waals surface area (Å²) in [5.74, 6) is -1.20. The molecule has 1 unspecified atom stereocenters. The smallest absolute Gasteiger partial charge is 0.284 e. The van der Waals surface area contributed by atoms with Crippen molar-refractivity contribution in [2.45, 2.75) is 63.5 Å². The molecule has 49 heavy (non-hydrogen) atoms. The zero-order chi connectivity index (χ0) is 34.1. The fourth-order valence-electron chi connectivity index (χ4n) is 6.32. The highest BCUT2D eigenvalue weighted by molar-refractivity contribution is 6.03. The lowest BCUT2D eigenvalue weighted by Gasteiger charge is -2.32. The molecule has 3 N–H and O–H groups in total. The van der Waals surface area contributed by atoms with Gasteiger partial charge in [0.15, 0.2) is 11.4 Å². The number of hydrogen-bond donors (Lipinski definition) is 3. The predicted molar refractivity (Wildman–Crippen MR) is 171 cm³/mol. The summed E-state index contributed by atoms with van der Waals surface area (Å²) in [5, 5.41) is 12.2. The normalized spacial score (nSPS) is 18.9. The first-order valence-corrected chi connectivity index (χ1v) is 16.4. The van der Waals surface area contributed by atoms with Crippen LogP contribution in [0.4, 0.5) is 24.7 Å². The lowest BCUT2D eigenvalue weighted by Crippen LogP contribution is -2.39. The molecular formula is C34H35F3N8O4. The van der Waals surface area contributed by atoms with Gasteiger partial charge in [0, 0.05) is 56.1 Å². The Labute approximate surface area is 279 Å². The second kappa shape index (κ2) is 13.8. The lowest BCUT2D eigenvalue weighted by atomic mass is 9.89. The average Bonchev–Trinajstić information content (AvgIpc) is 3.60. The highest BCUT2D eigenvalue weighted by Crippen LogP contribution is 2.33. The Balaban J connectivity index is 0.956. The average molecular weight is 677 g/mol. The van der Waals surface area contributed by atoms with Gasteiger partial charge in [0.25, 0.3) is 12.3 Å². The number of likely N-dealkylation sites (tertiary alicyclic amines) is 1. The van der Waals surface area contributed by atoms with Crippen LogP contribution in [0.3, 0.4) is 0 Å². The molecule has 256 valence electrons. The summed E-state index contributed by atoms with van der Waals surface area (Å²) >= 11 is 0. The molecule has 2 aliphatic heterocycles. The van der Waals surface area contributed by atoms with Crippen LogP contribution in [0.5, 0.6) is 0 Å². The molecule has 15 heteroatoms. The summed E-state index contributed by atoms with van der Waals surface area (Å²) < 4.78 is 50.0. The van der Waals surface area contributed by atoms with E-state index >= 15 is 0 Å². The molecule has 1 saturated carbocycles. The van der Waals surface area contributed by atoms with E-state index in [1.807, 2.05) is 0 Å². The first kappa shape index (κ1) is 32.5. The summed E-state index contributed by atoms with van der Waals surface area (Å²) in [4.78, 5) is 47.4. The van der Waals surface area contributed by atoms with Crippen molar-refractivity contribution in [1.29, 1.82) is 0 Å². The Morgan fingerprint density at radius 3 is 2.63 bits per heavy atom. The first-order valence-electron chi connectivity index (χ1n) is 16.4. The van der Waals surface area contributed by atoms with Crippen LogP contribution in [0.2, 0.25) is 0 Å². The fraction of sp³-hybridized carbons (Fsp3) is 0.412. The minimum absolute atomic E-state index is 0.0674. The number of nitrogens with zero attached hydrogens (tertiary/aromatic N) is 5. The Morgan fingerprint density at radius 1 is 1.08 bits per heavy atom. The van der Waals surface area contributed by atoms with E-state index in [0.717, 1.165) is 12.1 Å². The van der Waals surface area contributed by atoms with Crippen LogP contribution in [0.1, 0.15) is 84.2 Å². The highest BCUT2D eigenvalue weighted by atomic mass is 19.3.